The second-order valence-corrected chi connectivity index (χ2v) is 6.61. The summed E-state index contributed by atoms with van der Waals surface area (Å²) in [5.41, 5.74) is 2.26. The molecule has 2 aliphatic rings. The van der Waals surface area contributed by atoms with Crippen LogP contribution in [0.2, 0.25) is 0 Å². The first-order valence-corrected chi connectivity index (χ1v) is 7.65. The number of anilines is 1. The fourth-order valence-corrected chi connectivity index (χ4v) is 4.27. The molecule has 2 bridgehead atoms. The van der Waals surface area contributed by atoms with Crippen LogP contribution in [0.15, 0.2) is 18.2 Å². The summed E-state index contributed by atoms with van der Waals surface area (Å²) in [7, 11) is 0. The summed E-state index contributed by atoms with van der Waals surface area (Å²) in [6.45, 7) is 4.13. The molecule has 3 heteroatoms. The molecule has 2 aliphatic carbocycles. The normalized spacial score (nSPS) is 29.4. The molecule has 1 aromatic carbocycles. The van der Waals surface area contributed by atoms with Gasteiger partial charge in [-0.05, 0) is 74.6 Å². The van der Waals surface area contributed by atoms with Crippen LogP contribution in [0.3, 0.4) is 0 Å². The van der Waals surface area contributed by atoms with Crippen LogP contribution in [0.5, 0.6) is 0 Å². The van der Waals surface area contributed by atoms with E-state index in [9.17, 15) is 4.79 Å². The van der Waals surface area contributed by atoms with Gasteiger partial charge >= 0.3 is 5.97 Å². The van der Waals surface area contributed by atoms with Crippen molar-refractivity contribution < 1.29 is 9.90 Å². The number of carbonyl (C=O) groups is 1. The summed E-state index contributed by atoms with van der Waals surface area (Å²) >= 11 is 0. The zero-order valence-electron chi connectivity index (χ0n) is 12.2. The maximum Gasteiger partial charge on any atom is 0.335 e. The van der Waals surface area contributed by atoms with Crippen molar-refractivity contribution in [2.24, 2.45) is 17.8 Å². The molecular weight excluding hydrogens is 250 g/mol. The molecule has 3 nitrogen and oxygen atoms in total. The highest BCUT2D eigenvalue weighted by atomic mass is 16.4. The molecule has 0 aromatic heterocycles. The zero-order valence-corrected chi connectivity index (χ0v) is 12.2. The van der Waals surface area contributed by atoms with E-state index in [1.165, 1.54) is 25.7 Å². The summed E-state index contributed by atoms with van der Waals surface area (Å²) in [5.74, 6) is 1.80. The highest BCUT2D eigenvalue weighted by Crippen LogP contribution is 2.49. The number of aromatic carboxylic acids is 1. The van der Waals surface area contributed by atoms with Crippen LogP contribution in [0.4, 0.5) is 5.69 Å². The Morgan fingerprint density at radius 3 is 2.70 bits per heavy atom. The van der Waals surface area contributed by atoms with E-state index in [0.717, 1.165) is 29.0 Å². The number of carboxylic acid groups (broad SMARTS) is 1. The minimum atomic E-state index is -0.852. The van der Waals surface area contributed by atoms with E-state index in [1.54, 1.807) is 6.07 Å². The number of benzene rings is 1. The molecule has 2 saturated carbocycles. The van der Waals surface area contributed by atoms with Crippen LogP contribution in [-0.2, 0) is 0 Å². The van der Waals surface area contributed by atoms with Gasteiger partial charge in [0.25, 0.3) is 0 Å². The van der Waals surface area contributed by atoms with Gasteiger partial charge in [0.1, 0.15) is 0 Å². The Kier molecular flexibility index (Phi) is 3.45. The van der Waals surface area contributed by atoms with Crippen molar-refractivity contribution in [3.05, 3.63) is 29.3 Å². The summed E-state index contributed by atoms with van der Waals surface area (Å²) in [5, 5.41) is 12.6. The minimum absolute atomic E-state index is 0.392. The van der Waals surface area contributed by atoms with Crippen molar-refractivity contribution in [1.82, 2.24) is 0 Å². The molecule has 2 N–H and O–H groups in total. The molecule has 0 radical (unpaired) electrons. The highest BCUT2D eigenvalue weighted by molar-refractivity contribution is 5.89. The lowest BCUT2D eigenvalue weighted by Crippen LogP contribution is -2.29. The average molecular weight is 273 g/mol. The van der Waals surface area contributed by atoms with Crippen molar-refractivity contribution in [1.29, 1.82) is 0 Å². The van der Waals surface area contributed by atoms with Crippen LogP contribution in [0, 0.1) is 24.7 Å². The Morgan fingerprint density at radius 2 is 2.15 bits per heavy atom. The smallest absolute Gasteiger partial charge is 0.335 e. The summed E-state index contributed by atoms with van der Waals surface area (Å²) in [6, 6.07) is 6.02. The molecular formula is C17H23NO2. The van der Waals surface area contributed by atoms with Gasteiger partial charge in [0, 0.05) is 11.7 Å². The van der Waals surface area contributed by atoms with E-state index in [4.69, 9.17) is 5.11 Å². The van der Waals surface area contributed by atoms with Gasteiger partial charge in [-0.25, -0.2) is 4.79 Å². The molecule has 0 spiro atoms. The number of hydrogen-bond donors (Lipinski definition) is 2. The lowest BCUT2D eigenvalue weighted by atomic mass is 9.84. The van der Waals surface area contributed by atoms with Crippen molar-refractivity contribution >= 4 is 11.7 Å². The highest BCUT2D eigenvalue weighted by Gasteiger charge is 2.41. The molecule has 2 fully saturated rings. The van der Waals surface area contributed by atoms with Gasteiger partial charge in [-0.15, -0.1) is 0 Å². The Balaban J connectivity index is 1.68. The fraction of sp³-hybridized carbons (Fsp3) is 0.588. The quantitative estimate of drug-likeness (QED) is 0.874. The molecule has 0 aliphatic heterocycles. The first kappa shape index (κ1) is 13.5. The van der Waals surface area contributed by atoms with E-state index in [-0.39, 0.29) is 0 Å². The Hall–Kier alpha value is -1.51. The molecule has 3 rings (SSSR count). The number of nitrogens with one attached hydrogen (secondary N) is 1. The van der Waals surface area contributed by atoms with Gasteiger partial charge in [-0.2, -0.15) is 0 Å². The number of aryl methyl sites for hydroxylation is 1. The third kappa shape index (κ3) is 2.41. The second kappa shape index (κ2) is 5.12. The maximum absolute atomic E-state index is 11.0. The Bertz CT molecular complexity index is 526. The van der Waals surface area contributed by atoms with E-state index in [1.807, 2.05) is 19.1 Å². The molecule has 20 heavy (non-hydrogen) atoms. The number of hydrogen-bond acceptors (Lipinski definition) is 2. The van der Waals surface area contributed by atoms with Crippen LogP contribution < -0.4 is 5.32 Å². The van der Waals surface area contributed by atoms with E-state index in [2.05, 4.69) is 12.2 Å². The van der Waals surface area contributed by atoms with Crippen LogP contribution >= 0.6 is 0 Å². The van der Waals surface area contributed by atoms with Crippen molar-refractivity contribution in [2.75, 3.05) is 5.32 Å². The SMILES string of the molecule is Cc1cc(NC(C)C2CC3CCC2C3)ccc1C(=O)O. The molecule has 108 valence electrons. The molecule has 4 atom stereocenters. The number of rotatable bonds is 4. The summed E-state index contributed by atoms with van der Waals surface area (Å²) < 4.78 is 0. The first-order valence-electron chi connectivity index (χ1n) is 7.65. The van der Waals surface area contributed by atoms with Crippen molar-refractivity contribution in [3.8, 4) is 0 Å². The molecule has 1 aromatic rings. The van der Waals surface area contributed by atoms with Gasteiger partial charge in [0.15, 0.2) is 0 Å². The first-order chi connectivity index (χ1) is 9.54. The maximum atomic E-state index is 11.0. The third-order valence-corrected chi connectivity index (χ3v) is 5.29. The molecule has 0 heterocycles. The van der Waals surface area contributed by atoms with Crippen LogP contribution in [0.25, 0.3) is 0 Å². The van der Waals surface area contributed by atoms with Gasteiger partial charge < -0.3 is 10.4 Å². The predicted octanol–water partition coefficient (Wildman–Crippen LogP) is 3.93. The predicted molar refractivity (Wildman–Crippen MR) is 80.2 cm³/mol. The topological polar surface area (TPSA) is 49.3 Å². The average Bonchev–Trinajstić information content (AvgIpc) is 3.00. The second-order valence-electron chi connectivity index (χ2n) is 6.61. The van der Waals surface area contributed by atoms with Crippen molar-refractivity contribution in [3.63, 3.8) is 0 Å². The summed E-state index contributed by atoms with van der Waals surface area (Å²) in [4.78, 5) is 11.0. The van der Waals surface area contributed by atoms with Gasteiger partial charge in [-0.3, -0.25) is 0 Å². The molecule has 0 saturated heterocycles. The number of carboxylic acids is 1. The third-order valence-electron chi connectivity index (χ3n) is 5.29. The van der Waals surface area contributed by atoms with Gasteiger partial charge in [0.2, 0.25) is 0 Å². The monoisotopic (exact) mass is 273 g/mol. The largest absolute Gasteiger partial charge is 0.478 e. The Labute approximate surface area is 120 Å². The summed E-state index contributed by atoms with van der Waals surface area (Å²) in [6.07, 6.45) is 5.62. The van der Waals surface area contributed by atoms with Crippen LogP contribution in [-0.4, -0.2) is 17.1 Å². The van der Waals surface area contributed by atoms with E-state index < -0.39 is 5.97 Å². The molecule has 4 unspecified atom stereocenters. The Morgan fingerprint density at radius 1 is 1.35 bits per heavy atom. The standard InChI is InChI=1S/C17H23NO2/c1-10-7-14(5-6-15(10)17(19)20)18-11(2)16-9-12-3-4-13(16)8-12/h5-7,11-13,16,18H,3-4,8-9H2,1-2H3,(H,19,20). The lowest BCUT2D eigenvalue weighted by Gasteiger charge is -2.29. The van der Waals surface area contributed by atoms with E-state index in [0.29, 0.717) is 11.6 Å². The minimum Gasteiger partial charge on any atom is -0.478 e. The van der Waals surface area contributed by atoms with Crippen molar-refractivity contribution in [2.45, 2.75) is 45.6 Å². The number of fused-ring (bicyclic) bond motifs is 2. The zero-order chi connectivity index (χ0) is 14.3. The van der Waals surface area contributed by atoms with Crippen LogP contribution in [0.1, 0.15) is 48.5 Å². The molecule has 0 amide bonds. The van der Waals surface area contributed by atoms with Gasteiger partial charge in [-0.1, -0.05) is 6.42 Å². The van der Waals surface area contributed by atoms with E-state index >= 15 is 0 Å². The lowest BCUT2D eigenvalue weighted by molar-refractivity contribution is 0.0696. The fourth-order valence-electron chi connectivity index (χ4n) is 4.27. The van der Waals surface area contributed by atoms with Gasteiger partial charge in [0.05, 0.1) is 5.56 Å².